The van der Waals surface area contributed by atoms with E-state index in [9.17, 15) is 9.59 Å². The fourth-order valence-corrected chi connectivity index (χ4v) is 3.01. The van der Waals surface area contributed by atoms with Gasteiger partial charge in [-0.3, -0.25) is 9.59 Å². The van der Waals surface area contributed by atoms with E-state index in [0.29, 0.717) is 6.42 Å². The molecule has 1 aliphatic carbocycles. The molecule has 0 spiro atoms. The molecule has 0 radical (unpaired) electrons. The Bertz CT molecular complexity index is 323. The van der Waals surface area contributed by atoms with Gasteiger partial charge in [-0.2, -0.15) is 0 Å². The predicted molar refractivity (Wildman–Crippen MR) is 50.7 cm³/mol. The Morgan fingerprint density at radius 2 is 2.07 bits per heavy atom. The number of esters is 1. The van der Waals surface area contributed by atoms with E-state index in [1.807, 2.05) is 13.8 Å². The van der Waals surface area contributed by atoms with Crippen LogP contribution in [-0.2, 0) is 14.3 Å². The Morgan fingerprint density at radius 3 is 2.36 bits per heavy atom. The lowest BCUT2D eigenvalue weighted by molar-refractivity contribution is -0.158. The quantitative estimate of drug-likeness (QED) is 0.495. The Balaban J connectivity index is 2.49. The van der Waals surface area contributed by atoms with Crippen molar-refractivity contribution in [3.05, 3.63) is 0 Å². The summed E-state index contributed by atoms with van der Waals surface area (Å²) in [6, 6.07) is 0. The van der Waals surface area contributed by atoms with Gasteiger partial charge in [-0.25, -0.2) is 0 Å². The van der Waals surface area contributed by atoms with E-state index in [-0.39, 0.29) is 23.4 Å². The third-order valence-corrected chi connectivity index (χ3v) is 4.50. The summed E-state index contributed by atoms with van der Waals surface area (Å²) in [5.74, 6) is -0.664. The summed E-state index contributed by atoms with van der Waals surface area (Å²) < 4.78 is 5.21. The monoisotopic (exact) mass is 216 g/mol. The van der Waals surface area contributed by atoms with Crippen LogP contribution in [0.4, 0.5) is 0 Å². The molecule has 14 heavy (non-hydrogen) atoms. The maximum atomic E-state index is 11.7. The summed E-state index contributed by atoms with van der Waals surface area (Å²) in [4.78, 5) is 22.9. The van der Waals surface area contributed by atoms with Gasteiger partial charge in [0.05, 0.1) is 11.3 Å². The summed E-state index contributed by atoms with van der Waals surface area (Å²) in [5.41, 5.74) is -1.03. The van der Waals surface area contributed by atoms with Crippen LogP contribution in [0.25, 0.3) is 0 Å². The van der Waals surface area contributed by atoms with E-state index >= 15 is 0 Å². The number of carbonyl (C=O) groups excluding carboxylic acids is 2. The molecule has 3 unspecified atom stereocenters. The van der Waals surface area contributed by atoms with Crippen molar-refractivity contribution >= 4 is 22.8 Å². The molecule has 0 amide bonds. The van der Waals surface area contributed by atoms with Crippen LogP contribution < -0.4 is 0 Å². The van der Waals surface area contributed by atoms with Crippen molar-refractivity contribution in [2.24, 2.45) is 16.7 Å². The van der Waals surface area contributed by atoms with Crippen LogP contribution in [0.2, 0.25) is 0 Å². The zero-order valence-electron chi connectivity index (χ0n) is 8.46. The van der Waals surface area contributed by atoms with Crippen LogP contribution >= 0.6 is 11.6 Å². The average molecular weight is 217 g/mol. The number of hydrogen-bond acceptors (Lipinski definition) is 3. The molecule has 4 heteroatoms. The van der Waals surface area contributed by atoms with Crippen molar-refractivity contribution in [2.45, 2.75) is 33.3 Å². The van der Waals surface area contributed by atoms with Gasteiger partial charge in [0.15, 0.2) is 0 Å². The van der Waals surface area contributed by atoms with E-state index in [1.54, 1.807) is 6.92 Å². The second kappa shape index (κ2) is 2.51. The molecular weight excluding hydrogens is 204 g/mol. The van der Waals surface area contributed by atoms with Crippen molar-refractivity contribution in [1.29, 1.82) is 0 Å². The first-order valence-corrected chi connectivity index (χ1v) is 5.10. The molecule has 1 saturated carbocycles. The summed E-state index contributed by atoms with van der Waals surface area (Å²) >= 11 is 5.51. The van der Waals surface area contributed by atoms with E-state index in [2.05, 4.69) is 0 Å². The number of hydrogen-bond donors (Lipinski definition) is 0. The molecule has 1 saturated heterocycles. The first-order valence-electron chi connectivity index (χ1n) is 4.72. The molecule has 3 atom stereocenters. The summed E-state index contributed by atoms with van der Waals surface area (Å²) in [7, 11) is 0. The molecule has 1 heterocycles. The fraction of sp³-hybridized carbons (Fsp3) is 0.800. The van der Waals surface area contributed by atoms with E-state index in [4.69, 9.17) is 16.3 Å². The zero-order chi connectivity index (χ0) is 10.7. The lowest BCUT2D eigenvalue weighted by Gasteiger charge is -2.32. The van der Waals surface area contributed by atoms with E-state index in [0.717, 1.165) is 0 Å². The summed E-state index contributed by atoms with van der Waals surface area (Å²) in [6.07, 6.45) is 0.407. The molecule has 1 aliphatic heterocycles. The maximum absolute atomic E-state index is 11.7. The van der Waals surface area contributed by atoms with Crippen LogP contribution in [0.1, 0.15) is 27.2 Å². The number of halogens is 1. The number of ether oxygens (including phenoxy) is 1. The normalized spacial score (nSPS) is 43.9. The smallest absolute Gasteiger partial charge is 0.313 e. The first-order chi connectivity index (χ1) is 6.31. The molecule has 3 nitrogen and oxygen atoms in total. The molecule has 2 bridgehead atoms. The SMILES string of the molecule is CC1(C)C2CC(C(=O)Cl)C1(C)C(=O)O2. The average Bonchev–Trinajstić information content (AvgIpc) is 2.34. The second-order valence-electron chi connectivity index (χ2n) is 4.91. The van der Waals surface area contributed by atoms with Gasteiger partial charge in [-0.1, -0.05) is 13.8 Å². The molecule has 0 aromatic carbocycles. The van der Waals surface area contributed by atoms with Crippen molar-refractivity contribution in [3.8, 4) is 0 Å². The first kappa shape index (κ1) is 9.97. The zero-order valence-corrected chi connectivity index (χ0v) is 9.22. The number of carbonyl (C=O) groups is 2. The topological polar surface area (TPSA) is 43.4 Å². The molecule has 0 aromatic heterocycles. The van der Waals surface area contributed by atoms with Crippen molar-refractivity contribution in [1.82, 2.24) is 0 Å². The molecule has 2 rings (SSSR count). The van der Waals surface area contributed by atoms with Crippen molar-refractivity contribution in [2.75, 3.05) is 0 Å². The van der Waals surface area contributed by atoms with Crippen LogP contribution in [0.3, 0.4) is 0 Å². The van der Waals surface area contributed by atoms with Gasteiger partial charge in [-0.05, 0) is 24.9 Å². The van der Waals surface area contributed by atoms with Crippen molar-refractivity contribution in [3.63, 3.8) is 0 Å². The van der Waals surface area contributed by atoms with Crippen LogP contribution in [0, 0.1) is 16.7 Å². The maximum Gasteiger partial charge on any atom is 0.313 e. The highest BCUT2D eigenvalue weighted by molar-refractivity contribution is 6.64. The third-order valence-electron chi connectivity index (χ3n) is 4.24. The lowest BCUT2D eigenvalue weighted by atomic mass is 9.67. The van der Waals surface area contributed by atoms with Gasteiger partial charge in [0.2, 0.25) is 5.24 Å². The minimum atomic E-state index is -0.740. The fourth-order valence-electron chi connectivity index (χ4n) is 2.70. The van der Waals surface area contributed by atoms with E-state index < -0.39 is 10.7 Å². The highest BCUT2D eigenvalue weighted by Gasteiger charge is 2.70. The van der Waals surface area contributed by atoms with Gasteiger partial charge in [0.25, 0.3) is 0 Å². The highest BCUT2D eigenvalue weighted by atomic mass is 35.5. The largest absolute Gasteiger partial charge is 0.461 e. The van der Waals surface area contributed by atoms with Gasteiger partial charge in [0, 0.05) is 5.41 Å². The van der Waals surface area contributed by atoms with Gasteiger partial charge in [0.1, 0.15) is 6.10 Å². The molecule has 2 fully saturated rings. The standard InChI is InChI=1S/C10H13ClO3/c1-9(2)6-4-5(7(11)12)10(9,3)8(13)14-6/h5-6H,4H2,1-3H3. The second-order valence-corrected chi connectivity index (χ2v) is 5.28. The van der Waals surface area contributed by atoms with Crippen molar-refractivity contribution < 1.29 is 14.3 Å². The van der Waals surface area contributed by atoms with E-state index in [1.165, 1.54) is 0 Å². The molecule has 2 aliphatic rings. The highest BCUT2D eigenvalue weighted by Crippen LogP contribution is 2.62. The Kier molecular flexibility index (Phi) is 1.79. The molecule has 0 N–H and O–H groups in total. The van der Waals surface area contributed by atoms with Gasteiger partial charge in [-0.15, -0.1) is 0 Å². The third kappa shape index (κ3) is 0.842. The predicted octanol–water partition coefficient (Wildman–Crippen LogP) is 1.73. The van der Waals surface area contributed by atoms with Crippen LogP contribution in [0.15, 0.2) is 0 Å². The Morgan fingerprint density at radius 1 is 1.50 bits per heavy atom. The van der Waals surface area contributed by atoms with Gasteiger partial charge < -0.3 is 4.74 Å². The summed E-state index contributed by atoms with van der Waals surface area (Å²) in [5, 5.41) is -0.417. The Labute approximate surface area is 87.8 Å². The molecule has 0 aromatic rings. The van der Waals surface area contributed by atoms with Crippen LogP contribution in [0.5, 0.6) is 0 Å². The Hall–Kier alpha value is -0.570. The minimum Gasteiger partial charge on any atom is -0.461 e. The number of fused-ring (bicyclic) bond motifs is 2. The van der Waals surface area contributed by atoms with Crippen LogP contribution in [-0.4, -0.2) is 17.3 Å². The molecular formula is C10H13ClO3. The minimum absolute atomic E-state index is 0.160. The number of rotatable bonds is 1. The molecule has 78 valence electrons. The van der Waals surface area contributed by atoms with Gasteiger partial charge >= 0.3 is 5.97 Å². The lowest BCUT2D eigenvalue weighted by Crippen LogP contribution is -2.41. The summed E-state index contributed by atoms with van der Waals surface area (Å²) in [6.45, 7) is 5.71.